The van der Waals surface area contributed by atoms with Crippen molar-refractivity contribution in [3.8, 4) is 34.0 Å². The summed E-state index contributed by atoms with van der Waals surface area (Å²) in [6.45, 7) is 0.433. The number of rotatable bonds is 4. The Hall–Kier alpha value is -6.13. The number of carbonyl (C=O) groups excluding carboxylic acids is 1. The number of hydrogen-bond acceptors (Lipinski definition) is 2. The minimum Gasteiger partial charge on any atom is -0.308 e. The molecule has 0 atom stereocenters. The molecule has 7 heteroatoms. The van der Waals surface area contributed by atoms with Crippen LogP contribution in [0.1, 0.15) is 27.0 Å². The maximum absolute atomic E-state index is 14.4. The zero-order valence-electron chi connectivity index (χ0n) is 24.8. The van der Waals surface area contributed by atoms with Crippen LogP contribution in [0, 0.1) is 11.3 Å². The molecule has 1 aliphatic rings. The maximum Gasteiger partial charge on any atom is 0.417 e. The monoisotopic (exact) mass is 619 g/mol. The number of hydrogen-bond donors (Lipinski definition) is 0. The Morgan fingerprint density at radius 1 is 0.638 bits per heavy atom. The molecule has 0 radical (unpaired) electrons. The fourth-order valence-electron chi connectivity index (χ4n) is 6.77. The van der Waals surface area contributed by atoms with Gasteiger partial charge in [0.2, 0.25) is 0 Å². The van der Waals surface area contributed by atoms with Gasteiger partial charge in [-0.2, -0.15) is 18.4 Å². The molecule has 8 rings (SSSR count). The normalized spacial score (nSPS) is 12.9. The van der Waals surface area contributed by atoms with Gasteiger partial charge in [-0.25, -0.2) is 0 Å². The molecule has 1 amide bonds. The Kier molecular flexibility index (Phi) is 6.48. The van der Waals surface area contributed by atoms with Gasteiger partial charge in [-0.1, -0.05) is 91.0 Å². The molecule has 0 N–H and O–H groups in total. The molecule has 0 fully saturated rings. The van der Waals surface area contributed by atoms with E-state index < -0.39 is 17.3 Å². The number of alkyl halides is 3. The van der Waals surface area contributed by atoms with Crippen molar-refractivity contribution in [3.05, 3.63) is 156 Å². The first-order valence-corrected chi connectivity index (χ1v) is 15.1. The van der Waals surface area contributed by atoms with E-state index in [0.29, 0.717) is 23.2 Å². The number of benzene rings is 6. The fourth-order valence-corrected chi connectivity index (χ4v) is 6.77. The van der Waals surface area contributed by atoms with Gasteiger partial charge in [-0.3, -0.25) is 4.79 Å². The second kappa shape index (κ2) is 10.7. The van der Waals surface area contributed by atoms with Gasteiger partial charge in [0, 0.05) is 16.3 Å². The Labute approximate surface area is 268 Å². The van der Waals surface area contributed by atoms with Gasteiger partial charge < -0.3 is 9.47 Å². The van der Waals surface area contributed by atoms with Gasteiger partial charge >= 0.3 is 6.18 Å². The van der Waals surface area contributed by atoms with E-state index in [1.807, 2.05) is 120 Å². The molecular formula is C40H24F3N3O. The molecule has 47 heavy (non-hydrogen) atoms. The van der Waals surface area contributed by atoms with Crippen LogP contribution in [0.3, 0.4) is 0 Å². The number of halogens is 3. The topological polar surface area (TPSA) is 49.0 Å². The molecule has 4 nitrogen and oxygen atoms in total. The van der Waals surface area contributed by atoms with Gasteiger partial charge in [0.25, 0.3) is 5.91 Å². The molecule has 0 spiro atoms. The molecule has 0 aliphatic carbocycles. The number of nitriles is 1. The third-order valence-corrected chi connectivity index (χ3v) is 8.89. The second-order valence-electron chi connectivity index (χ2n) is 11.5. The van der Waals surface area contributed by atoms with Crippen molar-refractivity contribution in [3.63, 3.8) is 0 Å². The van der Waals surface area contributed by atoms with E-state index in [1.54, 1.807) is 6.07 Å². The smallest absolute Gasteiger partial charge is 0.308 e. The van der Waals surface area contributed by atoms with E-state index in [9.17, 15) is 23.2 Å². The van der Waals surface area contributed by atoms with E-state index in [2.05, 4.69) is 4.57 Å². The van der Waals surface area contributed by atoms with E-state index in [-0.39, 0.29) is 5.91 Å². The molecule has 7 aromatic rings. The minimum absolute atomic E-state index is 0.0877. The molecule has 0 bridgehead atoms. The van der Waals surface area contributed by atoms with E-state index >= 15 is 0 Å². The van der Waals surface area contributed by atoms with Crippen molar-refractivity contribution in [1.29, 1.82) is 5.26 Å². The lowest BCUT2D eigenvalue weighted by atomic mass is 9.98. The van der Waals surface area contributed by atoms with E-state index in [1.165, 1.54) is 12.1 Å². The molecule has 0 saturated heterocycles. The average molecular weight is 620 g/mol. The first-order chi connectivity index (χ1) is 22.8. The summed E-state index contributed by atoms with van der Waals surface area (Å²) in [6, 6.07) is 42.8. The van der Waals surface area contributed by atoms with Crippen LogP contribution in [0.2, 0.25) is 0 Å². The van der Waals surface area contributed by atoms with Crippen LogP contribution < -0.4 is 4.90 Å². The van der Waals surface area contributed by atoms with Gasteiger partial charge in [-0.05, 0) is 64.7 Å². The summed E-state index contributed by atoms with van der Waals surface area (Å²) in [5, 5.41) is 11.3. The first kappa shape index (κ1) is 28.4. The molecular weight excluding hydrogens is 595 g/mol. The Bertz CT molecular complexity index is 2420. The summed E-state index contributed by atoms with van der Waals surface area (Å²) < 4.78 is 42.5. The van der Waals surface area contributed by atoms with Crippen molar-refractivity contribution in [2.45, 2.75) is 12.7 Å². The van der Waals surface area contributed by atoms with Crippen molar-refractivity contribution in [2.75, 3.05) is 4.90 Å². The van der Waals surface area contributed by atoms with Crippen molar-refractivity contribution >= 4 is 33.4 Å². The SMILES string of the molecule is N#Cc1cc(-c2ccc3c(c2)c2ccccc2n3-c2cccc3c2C(=O)N(c2ccccc2-c2ccccc2)C3)ccc1C(F)(F)F. The molecule has 2 heterocycles. The van der Waals surface area contributed by atoms with Crippen LogP contribution in [0.15, 0.2) is 133 Å². The third kappa shape index (κ3) is 4.57. The standard InChI is InChI=1S/C40H24F3N3O/c41-40(42,43)33-19-17-26(21-29(33)23-44)27-18-20-36-32(22-27)31-13-5-7-15-35(31)46(36)37-16-8-11-28-24-45(39(47)38(28)37)34-14-6-4-12-30(34)25-9-2-1-3-10-25/h1-22H,24H2. The van der Waals surface area contributed by atoms with Crippen molar-refractivity contribution < 1.29 is 18.0 Å². The highest BCUT2D eigenvalue weighted by Gasteiger charge is 2.35. The summed E-state index contributed by atoms with van der Waals surface area (Å²) in [6.07, 6.45) is -4.62. The third-order valence-electron chi connectivity index (χ3n) is 8.89. The number of carbonyl (C=O) groups is 1. The summed E-state index contributed by atoms with van der Waals surface area (Å²) in [4.78, 5) is 16.2. The van der Waals surface area contributed by atoms with Crippen LogP contribution in [0.5, 0.6) is 0 Å². The lowest BCUT2D eigenvalue weighted by Crippen LogP contribution is -2.24. The summed E-state index contributed by atoms with van der Waals surface area (Å²) in [5.74, 6) is -0.0877. The molecule has 0 saturated carbocycles. The predicted octanol–water partition coefficient (Wildman–Crippen LogP) is 10.2. The highest BCUT2D eigenvalue weighted by molar-refractivity contribution is 6.16. The number of amides is 1. The van der Waals surface area contributed by atoms with Gasteiger partial charge in [-0.15, -0.1) is 0 Å². The maximum atomic E-state index is 14.4. The van der Waals surface area contributed by atoms with E-state index in [0.717, 1.165) is 55.9 Å². The number of nitrogens with zero attached hydrogens (tertiary/aromatic N) is 3. The average Bonchev–Trinajstić information content (AvgIpc) is 3.62. The first-order valence-electron chi connectivity index (χ1n) is 15.1. The largest absolute Gasteiger partial charge is 0.417 e. The second-order valence-corrected chi connectivity index (χ2v) is 11.5. The minimum atomic E-state index is -4.62. The van der Waals surface area contributed by atoms with Crippen LogP contribution in [0.4, 0.5) is 18.9 Å². The molecule has 0 unspecified atom stereocenters. The van der Waals surface area contributed by atoms with Gasteiger partial charge in [0.05, 0.1) is 51.7 Å². The predicted molar refractivity (Wildman–Crippen MR) is 178 cm³/mol. The Balaban J connectivity index is 1.27. The Morgan fingerprint density at radius 2 is 1.32 bits per heavy atom. The number of fused-ring (bicyclic) bond motifs is 4. The van der Waals surface area contributed by atoms with E-state index in [4.69, 9.17) is 0 Å². The lowest BCUT2D eigenvalue weighted by Gasteiger charge is -2.20. The van der Waals surface area contributed by atoms with Crippen LogP contribution >= 0.6 is 0 Å². The van der Waals surface area contributed by atoms with Crippen molar-refractivity contribution in [1.82, 2.24) is 4.57 Å². The number of aromatic nitrogens is 1. The van der Waals surface area contributed by atoms with Crippen LogP contribution in [-0.2, 0) is 12.7 Å². The number of para-hydroxylation sites is 2. The number of anilines is 1. The summed E-state index contributed by atoms with van der Waals surface area (Å²) in [5.41, 5.74) is 6.72. The van der Waals surface area contributed by atoms with Crippen LogP contribution in [0.25, 0.3) is 49.7 Å². The summed E-state index contributed by atoms with van der Waals surface area (Å²) in [7, 11) is 0. The van der Waals surface area contributed by atoms with Gasteiger partial charge in [0.1, 0.15) is 0 Å². The highest BCUT2D eigenvalue weighted by Crippen LogP contribution is 2.41. The van der Waals surface area contributed by atoms with Crippen LogP contribution in [-0.4, -0.2) is 10.5 Å². The zero-order chi connectivity index (χ0) is 32.3. The zero-order valence-corrected chi connectivity index (χ0v) is 24.8. The fraction of sp³-hybridized carbons (Fsp3) is 0.0500. The van der Waals surface area contributed by atoms with Gasteiger partial charge in [0.15, 0.2) is 0 Å². The quantitative estimate of drug-likeness (QED) is 0.197. The molecule has 1 aliphatic heterocycles. The highest BCUT2D eigenvalue weighted by atomic mass is 19.4. The van der Waals surface area contributed by atoms with Crippen molar-refractivity contribution in [2.24, 2.45) is 0 Å². The Morgan fingerprint density at radius 3 is 2.13 bits per heavy atom. The molecule has 1 aromatic heterocycles. The molecule has 6 aromatic carbocycles. The lowest BCUT2D eigenvalue weighted by molar-refractivity contribution is -0.137. The summed E-state index contributed by atoms with van der Waals surface area (Å²) >= 11 is 0. The molecule has 226 valence electrons.